The van der Waals surface area contributed by atoms with Gasteiger partial charge in [-0.1, -0.05) is 41.4 Å². The summed E-state index contributed by atoms with van der Waals surface area (Å²) in [5, 5.41) is 2.89. The Balaban J connectivity index is 1.79. The van der Waals surface area contributed by atoms with Gasteiger partial charge in [-0.15, -0.1) is 0 Å². The lowest BCUT2D eigenvalue weighted by Gasteiger charge is -2.12. The first-order valence-corrected chi connectivity index (χ1v) is 10.9. The normalized spacial score (nSPS) is 11.1. The maximum absolute atomic E-state index is 12.5. The van der Waals surface area contributed by atoms with E-state index in [-0.39, 0.29) is 21.5 Å². The number of nitrogens with one attached hydrogen (secondary N) is 2. The van der Waals surface area contributed by atoms with Crippen LogP contribution in [0.15, 0.2) is 76.1 Å². The van der Waals surface area contributed by atoms with Gasteiger partial charge in [0.25, 0.3) is 15.9 Å². The quantitative estimate of drug-likeness (QED) is 0.510. The Hall–Kier alpha value is -2.35. The Morgan fingerprint density at radius 3 is 2.29 bits per heavy atom. The van der Waals surface area contributed by atoms with E-state index in [1.807, 2.05) is 19.1 Å². The number of para-hydroxylation sites is 1. The predicted octanol–water partition coefficient (Wildman–Crippen LogP) is 5.46. The highest BCUT2D eigenvalue weighted by atomic mass is 79.9. The fourth-order valence-electron chi connectivity index (χ4n) is 2.42. The van der Waals surface area contributed by atoms with Crippen LogP contribution in [0.4, 0.5) is 11.4 Å². The first-order valence-electron chi connectivity index (χ1n) is 8.21. The molecule has 144 valence electrons. The lowest BCUT2D eigenvalue weighted by molar-refractivity contribution is 0.102. The number of hydrogen-bond acceptors (Lipinski definition) is 3. The molecule has 0 fully saturated rings. The third-order valence-corrected chi connectivity index (χ3v) is 6.31. The maximum Gasteiger partial charge on any atom is 0.261 e. The van der Waals surface area contributed by atoms with E-state index in [9.17, 15) is 13.2 Å². The Morgan fingerprint density at radius 2 is 1.64 bits per heavy atom. The molecule has 0 aromatic heterocycles. The van der Waals surface area contributed by atoms with E-state index in [2.05, 4.69) is 26.0 Å². The lowest BCUT2D eigenvalue weighted by Crippen LogP contribution is -2.15. The summed E-state index contributed by atoms with van der Waals surface area (Å²) in [4.78, 5) is 12.6. The molecule has 0 aliphatic carbocycles. The van der Waals surface area contributed by atoms with Gasteiger partial charge in [-0.3, -0.25) is 9.52 Å². The summed E-state index contributed by atoms with van der Waals surface area (Å²) in [5.41, 5.74) is 2.07. The van der Waals surface area contributed by atoms with Crippen LogP contribution >= 0.6 is 27.5 Å². The summed E-state index contributed by atoms with van der Waals surface area (Å²) in [7, 11) is -3.78. The van der Waals surface area contributed by atoms with Gasteiger partial charge in [0.2, 0.25) is 0 Å². The molecule has 0 radical (unpaired) electrons. The molecule has 3 aromatic carbocycles. The molecule has 28 heavy (non-hydrogen) atoms. The van der Waals surface area contributed by atoms with Crippen LogP contribution < -0.4 is 10.0 Å². The van der Waals surface area contributed by atoms with Crippen molar-refractivity contribution in [2.24, 2.45) is 0 Å². The fraction of sp³-hybridized carbons (Fsp3) is 0.0500. The Kier molecular flexibility index (Phi) is 6.07. The van der Waals surface area contributed by atoms with Crippen LogP contribution in [0.2, 0.25) is 5.02 Å². The van der Waals surface area contributed by atoms with Crippen molar-refractivity contribution in [3.63, 3.8) is 0 Å². The van der Waals surface area contributed by atoms with Gasteiger partial charge >= 0.3 is 0 Å². The van der Waals surface area contributed by atoms with Gasteiger partial charge in [0.1, 0.15) is 0 Å². The third kappa shape index (κ3) is 4.73. The second-order valence-corrected chi connectivity index (χ2v) is 8.99. The highest BCUT2D eigenvalue weighted by Crippen LogP contribution is 2.27. The van der Waals surface area contributed by atoms with Gasteiger partial charge in [0.15, 0.2) is 0 Å². The topological polar surface area (TPSA) is 75.3 Å². The molecular weight excluding hydrogens is 464 g/mol. The number of sulfonamides is 1. The van der Waals surface area contributed by atoms with Gasteiger partial charge in [0, 0.05) is 10.0 Å². The lowest BCUT2D eigenvalue weighted by atomic mass is 10.2. The van der Waals surface area contributed by atoms with E-state index in [0.29, 0.717) is 11.3 Å². The standard InChI is InChI=1S/C20H16BrClN2O3S/c1-13-6-9-15(10-7-13)28(26,27)24-19-11-8-14(12-17(19)22)20(25)23-18-5-3-2-4-16(18)21/h2-12,24H,1H3,(H,23,25). The van der Waals surface area contributed by atoms with E-state index >= 15 is 0 Å². The first-order chi connectivity index (χ1) is 13.3. The number of hydrogen-bond donors (Lipinski definition) is 2. The Bertz CT molecular complexity index is 1130. The zero-order valence-corrected chi connectivity index (χ0v) is 17.9. The minimum atomic E-state index is -3.78. The zero-order chi connectivity index (χ0) is 20.3. The highest BCUT2D eigenvalue weighted by molar-refractivity contribution is 9.10. The molecular formula is C20H16BrClN2O3S. The maximum atomic E-state index is 12.5. The zero-order valence-electron chi connectivity index (χ0n) is 14.7. The number of halogens is 2. The van der Waals surface area contributed by atoms with Crippen LogP contribution in [-0.4, -0.2) is 14.3 Å². The minimum Gasteiger partial charge on any atom is -0.321 e. The number of amides is 1. The molecule has 1 amide bonds. The van der Waals surface area contributed by atoms with Crippen LogP contribution in [0.1, 0.15) is 15.9 Å². The monoisotopic (exact) mass is 478 g/mol. The molecule has 3 rings (SSSR count). The molecule has 3 aromatic rings. The third-order valence-electron chi connectivity index (χ3n) is 3.93. The molecule has 0 saturated carbocycles. The van der Waals surface area contributed by atoms with Crippen LogP contribution in [-0.2, 0) is 10.0 Å². The molecule has 2 N–H and O–H groups in total. The largest absolute Gasteiger partial charge is 0.321 e. The summed E-state index contributed by atoms with van der Waals surface area (Å²) in [5.74, 6) is -0.359. The van der Waals surface area contributed by atoms with E-state index in [4.69, 9.17) is 11.6 Å². The molecule has 8 heteroatoms. The first kappa shape index (κ1) is 20.4. The van der Waals surface area contributed by atoms with Gasteiger partial charge < -0.3 is 5.32 Å². The van der Waals surface area contributed by atoms with Crippen molar-refractivity contribution < 1.29 is 13.2 Å². The molecule has 0 spiro atoms. The van der Waals surface area contributed by atoms with E-state index in [0.717, 1.165) is 10.0 Å². The summed E-state index contributed by atoms with van der Waals surface area (Å²) in [6.45, 7) is 1.87. The molecule has 0 bridgehead atoms. The van der Waals surface area contributed by atoms with E-state index < -0.39 is 10.0 Å². The van der Waals surface area contributed by atoms with Crippen molar-refractivity contribution in [2.75, 3.05) is 10.0 Å². The van der Waals surface area contributed by atoms with Crippen LogP contribution in [0, 0.1) is 6.92 Å². The summed E-state index contributed by atoms with van der Waals surface area (Å²) in [6.07, 6.45) is 0. The second-order valence-electron chi connectivity index (χ2n) is 6.05. The van der Waals surface area contributed by atoms with Crippen molar-refractivity contribution in [1.82, 2.24) is 0 Å². The summed E-state index contributed by atoms with van der Waals surface area (Å²) < 4.78 is 28.2. The highest BCUT2D eigenvalue weighted by Gasteiger charge is 2.17. The smallest absolute Gasteiger partial charge is 0.261 e. The average molecular weight is 480 g/mol. The number of aryl methyl sites for hydroxylation is 1. The van der Waals surface area contributed by atoms with Gasteiger partial charge in [-0.25, -0.2) is 8.42 Å². The minimum absolute atomic E-state index is 0.121. The number of anilines is 2. The second kappa shape index (κ2) is 8.34. The molecule has 0 atom stereocenters. The number of carbonyl (C=O) groups excluding carboxylic acids is 1. The predicted molar refractivity (Wildman–Crippen MR) is 116 cm³/mol. The average Bonchev–Trinajstić information content (AvgIpc) is 2.65. The number of benzene rings is 3. The van der Waals surface area contributed by atoms with Crippen molar-refractivity contribution in [2.45, 2.75) is 11.8 Å². The van der Waals surface area contributed by atoms with Crippen molar-refractivity contribution in [3.8, 4) is 0 Å². The molecule has 0 unspecified atom stereocenters. The van der Waals surface area contributed by atoms with Crippen LogP contribution in [0.3, 0.4) is 0 Å². The molecule has 5 nitrogen and oxygen atoms in total. The summed E-state index contributed by atoms with van der Waals surface area (Å²) in [6, 6.07) is 18.1. The fourth-order valence-corrected chi connectivity index (χ4v) is 4.16. The molecule has 0 aliphatic heterocycles. The van der Waals surface area contributed by atoms with Gasteiger partial charge in [0.05, 0.1) is 21.3 Å². The summed E-state index contributed by atoms with van der Waals surface area (Å²) >= 11 is 9.58. The van der Waals surface area contributed by atoms with Crippen molar-refractivity contribution in [1.29, 1.82) is 0 Å². The van der Waals surface area contributed by atoms with Crippen LogP contribution in [0.5, 0.6) is 0 Å². The van der Waals surface area contributed by atoms with Crippen molar-refractivity contribution >= 4 is 54.8 Å². The Morgan fingerprint density at radius 1 is 0.964 bits per heavy atom. The Labute approximate surface area is 176 Å². The number of rotatable bonds is 5. The van der Waals surface area contributed by atoms with Gasteiger partial charge in [-0.05, 0) is 65.3 Å². The molecule has 0 heterocycles. The van der Waals surface area contributed by atoms with Gasteiger partial charge in [-0.2, -0.15) is 0 Å². The van der Waals surface area contributed by atoms with Crippen molar-refractivity contribution in [3.05, 3.63) is 87.4 Å². The molecule has 0 saturated heterocycles. The molecule has 0 aliphatic rings. The van der Waals surface area contributed by atoms with E-state index in [1.54, 1.807) is 24.3 Å². The van der Waals surface area contributed by atoms with Crippen LogP contribution in [0.25, 0.3) is 0 Å². The SMILES string of the molecule is Cc1ccc(S(=O)(=O)Nc2ccc(C(=O)Nc3ccccc3Br)cc2Cl)cc1. The van der Waals surface area contributed by atoms with E-state index in [1.165, 1.54) is 30.3 Å². The number of carbonyl (C=O) groups is 1.